The number of quaternary nitrogens is 1. The molecule has 2 amide bonds. The minimum absolute atomic E-state index is 0.107. The van der Waals surface area contributed by atoms with E-state index in [0.717, 1.165) is 47.1 Å². The summed E-state index contributed by atoms with van der Waals surface area (Å²) in [5, 5.41) is 5.98. The Kier molecular flexibility index (Phi) is 9.45. The first-order valence-corrected chi connectivity index (χ1v) is 13.7. The predicted octanol–water partition coefficient (Wildman–Crippen LogP) is 6.19. The van der Waals surface area contributed by atoms with Gasteiger partial charge >= 0.3 is 6.09 Å². The quantitative estimate of drug-likeness (QED) is 0.239. The number of aryl methyl sites for hydroxylation is 1. The van der Waals surface area contributed by atoms with E-state index in [1.807, 2.05) is 48.5 Å². The van der Waals surface area contributed by atoms with Crippen molar-refractivity contribution in [2.24, 2.45) is 0 Å². The Hall–Kier alpha value is -3.88. The third-order valence-corrected chi connectivity index (χ3v) is 7.47. The highest BCUT2D eigenvalue weighted by atomic mass is 35.5. The van der Waals surface area contributed by atoms with E-state index in [2.05, 4.69) is 24.7 Å². The molecular weight excluding hydrogens is 530 g/mol. The summed E-state index contributed by atoms with van der Waals surface area (Å²) >= 11 is 6.24. The third-order valence-electron chi connectivity index (χ3n) is 7.15. The van der Waals surface area contributed by atoms with Crippen LogP contribution in [0.15, 0.2) is 60.7 Å². The molecule has 0 spiro atoms. The Labute approximate surface area is 239 Å². The van der Waals surface area contributed by atoms with Crippen molar-refractivity contribution < 1.29 is 28.3 Å². The molecule has 4 rings (SSSR count). The van der Waals surface area contributed by atoms with Gasteiger partial charge in [-0.1, -0.05) is 54.1 Å². The van der Waals surface area contributed by atoms with Crippen LogP contribution in [0, 0.1) is 0 Å². The first-order valence-electron chi connectivity index (χ1n) is 13.3. The number of methoxy groups -OCH3 is 1. The molecule has 2 N–H and O–H groups in total. The standard InChI is InChI=1S/C31H34ClN3O5/c1-35(2)15-13-24(14-16-35)40-31(38)34-27-17-21(9-11-25(27)22-7-5-4-6-8-22)10-12-30(37)33-28-19-29(39-3)23(20-36)18-26(28)32/h4-9,11,17-20,24H,10,12-16H2,1-3H3,(H-,33,34,36,37,38)/p+1. The second kappa shape index (κ2) is 13.0. The summed E-state index contributed by atoms with van der Waals surface area (Å²) < 4.78 is 11.9. The molecular formula is C31H35ClN3O5+. The van der Waals surface area contributed by atoms with Crippen molar-refractivity contribution >= 4 is 41.3 Å². The van der Waals surface area contributed by atoms with Crippen molar-refractivity contribution in [3.63, 3.8) is 0 Å². The molecule has 40 heavy (non-hydrogen) atoms. The fourth-order valence-electron chi connectivity index (χ4n) is 4.78. The summed E-state index contributed by atoms with van der Waals surface area (Å²) in [5.41, 5.74) is 3.99. The summed E-state index contributed by atoms with van der Waals surface area (Å²) in [5.74, 6) is 0.0762. The summed E-state index contributed by atoms with van der Waals surface area (Å²) in [4.78, 5) is 36.8. The van der Waals surface area contributed by atoms with Gasteiger partial charge in [-0.15, -0.1) is 0 Å². The van der Waals surface area contributed by atoms with Crippen molar-refractivity contribution in [1.29, 1.82) is 0 Å². The number of likely N-dealkylation sites (tertiary alicyclic amines) is 1. The van der Waals surface area contributed by atoms with E-state index >= 15 is 0 Å². The molecule has 0 unspecified atom stereocenters. The first-order chi connectivity index (χ1) is 19.2. The SMILES string of the molecule is COc1cc(NC(=O)CCc2ccc(-c3ccccc3)c(NC(=O)OC3CC[N+](C)(C)CC3)c2)c(Cl)cc1C=O. The highest BCUT2D eigenvalue weighted by Crippen LogP contribution is 2.32. The zero-order valence-corrected chi connectivity index (χ0v) is 23.8. The molecule has 9 heteroatoms. The number of benzene rings is 3. The highest BCUT2D eigenvalue weighted by Gasteiger charge is 2.28. The number of hydrogen-bond acceptors (Lipinski definition) is 5. The summed E-state index contributed by atoms with van der Waals surface area (Å²) in [6, 6.07) is 18.5. The number of aldehydes is 1. The van der Waals surface area contributed by atoms with Crippen molar-refractivity contribution in [3.05, 3.63) is 76.8 Å². The maximum absolute atomic E-state index is 12.9. The Morgan fingerprint density at radius 2 is 1.73 bits per heavy atom. The fourth-order valence-corrected chi connectivity index (χ4v) is 4.99. The molecule has 0 aromatic heterocycles. The molecule has 1 aliphatic rings. The molecule has 3 aromatic carbocycles. The van der Waals surface area contributed by atoms with Gasteiger partial charge in [0.25, 0.3) is 0 Å². The Balaban J connectivity index is 1.45. The molecule has 1 saturated heterocycles. The van der Waals surface area contributed by atoms with Crippen molar-refractivity contribution in [1.82, 2.24) is 0 Å². The molecule has 210 valence electrons. The molecule has 8 nitrogen and oxygen atoms in total. The highest BCUT2D eigenvalue weighted by molar-refractivity contribution is 6.34. The van der Waals surface area contributed by atoms with Crippen LogP contribution in [-0.4, -0.2) is 63.2 Å². The van der Waals surface area contributed by atoms with Gasteiger partial charge in [-0.25, -0.2) is 4.79 Å². The number of nitrogens with one attached hydrogen (secondary N) is 2. The smallest absolute Gasteiger partial charge is 0.411 e. The lowest BCUT2D eigenvalue weighted by Crippen LogP contribution is -2.48. The van der Waals surface area contributed by atoms with Crippen LogP contribution < -0.4 is 15.4 Å². The van der Waals surface area contributed by atoms with Crippen LogP contribution in [0.4, 0.5) is 16.2 Å². The van der Waals surface area contributed by atoms with Crippen LogP contribution >= 0.6 is 11.6 Å². The Bertz CT molecular complexity index is 1370. The second-order valence-corrected chi connectivity index (χ2v) is 11.0. The molecule has 0 saturated carbocycles. The monoisotopic (exact) mass is 564 g/mol. The molecule has 3 aromatic rings. The fraction of sp³-hybridized carbons (Fsp3) is 0.323. The number of carbonyl (C=O) groups is 3. The van der Waals surface area contributed by atoms with E-state index in [1.165, 1.54) is 19.2 Å². The summed E-state index contributed by atoms with van der Waals surface area (Å²) in [6.07, 6.45) is 2.33. The average Bonchev–Trinajstić information content (AvgIpc) is 2.94. The third kappa shape index (κ3) is 7.61. The predicted molar refractivity (Wildman–Crippen MR) is 157 cm³/mol. The Morgan fingerprint density at radius 1 is 1.00 bits per heavy atom. The van der Waals surface area contributed by atoms with Crippen molar-refractivity contribution in [2.45, 2.75) is 31.8 Å². The number of nitrogens with zero attached hydrogens (tertiary/aromatic N) is 1. The van der Waals surface area contributed by atoms with E-state index in [-0.39, 0.29) is 23.5 Å². The first kappa shape index (κ1) is 29.1. The van der Waals surface area contributed by atoms with Crippen molar-refractivity contribution in [2.75, 3.05) is 44.9 Å². The lowest BCUT2D eigenvalue weighted by Gasteiger charge is -2.36. The lowest BCUT2D eigenvalue weighted by molar-refractivity contribution is -0.896. The van der Waals surface area contributed by atoms with E-state index < -0.39 is 6.09 Å². The number of piperidine rings is 1. The summed E-state index contributed by atoms with van der Waals surface area (Å²) in [6.45, 7) is 1.92. The maximum atomic E-state index is 12.9. The normalized spacial score (nSPS) is 14.7. The van der Waals surface area contributed by atoms with Crippen LogP contribution in [0.25, 0.3) is 11.1 Å². The van der Waals surface area contributed by atoms with E-state index in [1.54, 1.807) is 0 Å². The minimum atomic E-state index is -0.480. The van der Waals surface area contributed by atoms with Gasteiger partial charge in [0.2, 0.25) is 5.91 Å². The van der Waals surface area contributed by atoms with E-state index in [4.69, 9.17) is 21.1 Å². The molecule has 0 radical (unpaired) electrons. The molecule has 0 aliphatic carbocycles. The van der Waals surface area contributed by atoms with Crippen LogP contribution in [0.2, 0.25) is 5.02 Å². The van der Waals surface area contributed by atoms with Crippen LogP contribution in [0.1, 0.15) is 35.2 Å². The number of rotatable bonds is 9. The van der Waals surface area contributed by atoms with Gasteiger partial charge in [0.1, 0.15) is 11.9 Å². The summed E-state index contributed by atoms with van der Waals surface area (Å²) in [7, 11) is 5.81. The largest absolute Gasteiger partial charge is 0.496 e. The second-order valence-electron chi connectivity index (χ2n) is 10.6. The number of hydrogen-bond donors (Lipinski definition) is 2. The number of ether oxygens (including phenoxy) is 2. The topological polar surface area (TPSA) is 93.7 Å². The van der Waals surface area contributed by atoms with Crippen LogP contribution in [0.5, 0.6) is 5.75 Å². The number of amides is 2. The van der Waals surface area contributed by atoms with Gasteiger partial charge in [-0.2, -0.15) is 0 Å². The molecule has 1 aliphatic heterocycles. The number of carbonyl (C=O) groups excluding carboxylic acids is 3. The van der Waals surface area contributed by atoms with Crippen LogP contribution in [0.3, 0.4) is 0 Å². The Morgan fingerprint density at radius 3 is 2.40 bits per heavy atom. The van der Waals surface area contributed by atoms with E-state index in [0.29, 0.717) is 35.4 Å². The van der Waals surface area contributed by atoms with Crippen molar-refractivity contribution in [3.8, 4) is 16.9 Å². The lowest BCUT2D eigenvalue weighted by atomic mass is 9.99. The molecule has 1 fully saturated rings. The average molecular weight is 565 g/mol. The van der Waals surface area contributed by atoms with Gasteiger partial charge in [0, 0.05) is 30.9 Å². The van der Waals surface area contributed by atoms with E-state index in [9.17, 15) is 14.4 Å². The van der Waals surface area contributed by atoms with Gasteiger partial charge < -0.3 is 19.3 Å². The maximum Gasteiger partial charge on any atom is 0.411 e. The number of anilines is 2. The van der Waals surface area contributed by atoms with Gasteiger partial charge in [-0.3, -0.25) is 14.9 Å². The van der Waals surface area contributed by atoms with Crippen LogP contribution in [-0.2, 0) is 16.0 Å². The zero-order valence-electron chi connectivity index (χ0n) is 23.0. The zero-order chi connectivity index (χ0) is 28.7. The number of halogens is 1. The molecule has 0 bridgehead atoms. The molecule has 1 heterocycles. The van der Waals surface area contributed by atoms with Gasteiger partial charge in [-0.05, 0) is 29.7 Å². The minimum Gasteiger partial charge on any atom is -0.496 e. The molecule has 0 atom stereocenters. The van der Waals surface area contributed by atoms with Gasteiger partial charge in [0.15, 0.2) is 6.29 Å². The van der Waals surface area contributed by atoms with Gasteiger partial charge in [0.05, 0.1) is 56.3 Å².